The van der Waals surface area contributed by atoms with Crippen molar-refractivity contribution < 1.29 is 10.2 Å². The molecular formula is C33H70O2. The van der Waals surface area contributed by atoms with Gasteiger partial charge in [-0.05, 0) is 12.8 Å². The van der Waals surface area contributed by atoms with Gasteiger partial charge in [-0.3, -0.25) is 0 Å². The summed E-state index contributed by atoms with van der Waals surface area (Å²) in [5.41, 5.74) is 0. The topological polar surface area (TPSA) is 40.5 Å². The van der Waals surface area contributed by atoms with Crippen molar-refractivity contribution in [2.24, 2.45) is 0 Å². The Morgan fingerprint density at radius 3 is 0.514 bits per heavy atom. The molecule has 0 aliphatic heterocycles. The van der Waals surface area contributed by atoms with Gasteiger partial charge in [0.05, 0.1) is 0 Å². The van der Waals surface area contributed by atoms with Crippen LogP contribution in [-0.4, -0.2) is 23.4 Å². The summed E-state index contributed by atoms with van der Waals surface area (Å²) in [6.45, 7) is 5.31. The van der Waals surface area contributed by atoms with Gasteiger partial charge in [0, 0.05) is 13.2 Å². The molecule has 2 nitrogen and oxygen atoms in total. The second-order valence-electron chi connectivity index (χ2n) is 11.0. The molecule has 0 aromatic rings. The zero-order valence-electron chi connectivity index (χ0n) is 24.8. The molecule has 0 fully saturated rings. The summed E-state index contributed by atoms with van der Waals surface area (Å²) < 4.78 is 0. The highest BCUT2D eigenvalue weighted by molar-refractivity contribution is 4.50. The van der Waals surface area contributed by atoms with E-state index >= 15 is 0 Å². The lowest BCUT2D eigenvalue weighted by Crippen LogP contribution is -1.85. The highest BCUT2D eigenvalue weighted by atomic mass is 16.3. The van der Waals surface area contributed by atoms with Crippen molar-refractivity contribution in [2.45, 2.75) is 200 Å². The molecule has 35 heavy (non-hydrogen) atoms. The van der Waals surface area contributed by atoms with E-state index in [9.17, 15) is 0 Å². The molecule has 0 radical (unpaired) electrons. The summed E-state index contributed by atoms with van der Waals surface area (Å²) in [7, 11) is 0. The van der Waals surface area contributed by atoms with Crippen molar-refractivity contribution in [3.8, 4) is 0 Å². The summed E-state index contributed by atoms with van der Waals surface area (Å²) >= 11 is 0. The van der Waals surface area contributed by atoms with Crippen LogP contribution >= 0.6 is 0 Å². The van der Waals surface area contributed by atoms with Gasteiger partial charge in [0.2, 0.25) is 0 Å². The van der Waals surface area contributed by atoms with Crippen LogP contribution < -0.4 is 0 Å². The Morgan fingerprint density at radius 1 is 0.229 bits per heavy atom. The van der Waals surface area contributed by atoms with Crippen LogP contribution in [0.25, 0.3) is 0 Å². The van der Waals surface area contributed by atoms with Gasteiger partial charge >= 0.3 is 0 Å². The van der Waals surface area contributed by atoms with Crippen LogP contribution in [0.5, 0.6) is 0 Å². The number of hydrogen-bond donors (Lipinski definition) is 2. The third-order valence-electron chi connectivity index (χ3n) is 7.27. The highest BCUT2D eigenvalue weighted by Gasteiger charge is 1.95. The molecule has 0 aromatic carbocycles. The number of aliphatic hydroxyl groups is 2. The van der Waals surface area contributed by atoms with Gasteiger partial charge < -0.3 is 10.2 Å². The third kappa shape index (κ3) is 41.3. The Bertz CT molecular complexity index is 288. The van der Waals surface area contributed by atoms with Gasteiger partial charge in [-0.25, -0.2) is 0 Å². The maximum atomic E-state index is 8.67. The van der Waals surface area contributed by atoms with E-state index in [-0.39, 0.29) is 0 Å². The van der Waals surface area contributed by atoms with Crippen molar-refractivity contribution in [2.75, 3.05) is 13.2 Å². The molecule has 0 aliphatic carbocycles. The van der Waals surface area contributed by atoms with Crippen LogP contribution in [0.4, 0.5) is 0 Å². The van der Waals surface area contributed by atoms with E-state index in [1.807, 2.05) is 0 Å². The lowest BCUT2D eigenvalue weighted by Gasteiger charge is -2.03. The summed E-state index contributed by atoms with van der Waals surface area (Å²) in [5.74, 6) is 0. The Hall–Kier alpha value is -0.0800. The summed E-state index contributed by atoms with van der Waals surface area (Å²) in [6.07, 6.45) is 39.9. The largest absolute Gasteiger partial charge is 0.396 e. The minimum absolute atomic E-state index is 0.373. The predicted molar refractivity (Wildman–Crippen MR) is 159 cm³/mol. The van der Waals surface area contributed by atoms with Gasteiger partial charge in [-0.1, -0.05) is 187 Å². The van der Waals surface area contributed by atoms with Gasteiger partial charge in [0.25, 0.3) is 0 Å². The smallest absolute Gasteiger partial charge is 0.0431 e. The van der Waals surface area contributed by atoms with Crippen LogP contribution in [0.1, 0.15) is 200 Å². The maximum absolute atomic E-state index is 8.67. The Kier molecular flexibility index (Phi) is 40.7. The van der Waals surface area contributed by atoms with Gasteiger partial charge in [0.1, 0.15) is 0 Å². The first-order valence-corrected chi connectivity index (χ1v) is 16.5. The van der Waals surface area contributed by atoms with E-state index in [0.29, 0.717) is 13.2 Å². The Morgan fingerprint density at radius 2 is 0.371 bits per heavy atom. The van der Waals surface area contributed by atoms with Crippen molar-refractivity contribution in [3.05, 3.63) is 0 Å². The number of hydrogen-bond acceptors (Lipinski definition) is 2. The van der Waals surface area contributed by atoms with Crippen LogP contribution in [0, 0.1) is 0 Å². The van der Waals surface area contributed by atoms with E-state index in [0.717, 1.165) is 12.8 Å². The summed E-state index contributed by atoms with van der Waals surface area (Å²) in [4.78, 5) is 0. The first-order chi connectivity index (χ1) is 17.3. The quantitative estimate of drug-likeness (QED) is 0.101. The predicted octanol–water partition coefficient (Wildman–Crippen LogP) is 11.3. The first kappa shape index (κ1) is 37.1. The summed E-state index contributed by atoms with van der Waals surface area (Å²) in [6, 6.07) is 0. The SMILES string of the molecule is CCCCCCCCCCCCCCCCCCO.CCCCCCCCCCCCCCCO. The van der Waals surface area contributed by atoms with E-state index < -0.39 is 0 Å². The van der Waals surface area contributed by atoms with E-state index in [1.54, 1.807) is 0 Å². The van der Waals surface area contributed by atoms with E-state index in [2.05, 4.69) is 13.8 Å². The van der Waals surface area contributed by atoms with E-state index in [1.165, 1.54) is 173 Å². The molecule has 0 heterocycles. The fourth-order valence-electron chi connectivity index (χ4n) is 4.79. The molecular weight excluding hydrogens is 428 g/mol. The minimum atomic E-state index is 0.373. The molecule has 0 saturated carbocycles. The fraction of sp³-hybridized carbons (Fsp3) is 1.00. The van der Waals surface area contributed by atoms with Crippen LogP contribution in [0.15, 0.2) is 0 Å². The van der Waals surface area contributed by atoms with Crippen molar-refractivity contribution in [1.82, 2.24) is 0 Å². The third-order valence-corrected chi connectivity index (χ3v) is 7.27. The van der Waals surface area contributed by atoms with E-state index in [4.69, 9.17) is 10.2 Å². The monoisotopic (exact) mass is 499 g/mol. The number of rotatable bonds is 29. The molecule has 0 rings (SSSR count). The zero-order valence-corrected chi connectivity index (χ0v) is 24.8. The minimum Gasteiger partial charge on any atom is -0.396 e. The van der Waals surface area contributed by atoms with Crippen LogP contribution in [-0.2, 0) is 0 Å². The standard InChI is InChI=1S/C18H38O.C15H32O/c1-2-3-4-5-6-7-8-9-10-11-12-13-14-15-16-17-18-19;1-2-3-4-5-6-7-8-9-10-11-12-13-14-15-16/h19H,2-18H2,1H3;16H,2-15H2,1H3. The van der Waals surface area contributed by atoms with Gasteiger partial charge in [0.15, 0.2) is 0 Å². The molecule has 0 spiro atoms. The zero-order chi connectivity index (χ0) is 25.9. The molecule has 0 atom stereocenters. The highest BCUT2D eigenvalue weighted by Crippen LogP contribution is 2.14. The molecule has 0 bridgehead atoms. The average molecular weight is 499 g/mol. The Balaban J connectivity index is 0. The number of aliphatic hydroxyl groups excluding tert-OH is 2. The molecule has 214 valence electrons. The molecule has 2 N–H and O–H groups in total. The first-order valence-electron chi connectivity index (χ1n) is 16.5. The second kappa shape index (κ2) is 38.5. The van der Waals surface area contributed by atoms with Crippen molar-refractivity contribution >= 4 is 0 Å². The average Bonchev–Trinajstić information content (AvgIpc) is 2.87. The molecule has 0 aromatic heterocycles. The molecule has 0 unspecified atom stereocenters. The van der Waals surface area contributed by atoms with Crippen molar-refractivity contribution in [1.29, 1.82) is 0 Å². The molecule has 2 heteroatoms. The lowest BCUT2D eigenvalue weighted by atomic mass is 10.0. The Labute approximate surface area is 223 Å². The van der Waals surface area contributed by atoms with Gasteiger partial charge in [-0.2, -0.15) is 0 Å². The van der Waals surface area contributed by atoms with Crippen LogP contribution in [0.2, 0.25) is 0 Å². The number of unbranched alkanes of at least 4 members (excludes halogenated alkanes) is 27. The fourth-order valence-corrected chi connectivity index (χ4v) is 4.79. The summed E-state index contributed by atoms with van der Waals surface area (Å²) in [5, 5.41) is 17.3. The van der Waals surface area contributed by atoms with Crippen LogP contribution in [0.3, 0.4) is 0 Å². The normalized spacial score (nSPS) is 11.0. The van der Waals surface area contributed by atoms with Crippen molar-refractivity contribution in [3.63, 3.8) is 0 Å². The molecule has 0 amide bonds. The molecule has 0 saturated heterocycles. The lowest BCUT2D eigenvalue weighted by molar-refractivity contribution is 0.282. The second-order valence-corrected chi connectivity index (χ2v) is 11.0. The molecule has 0 aliphatic rings. The van der Waals surface area contributed by atoms with Gasteiger partial charge in [-0.15, -0.1) is 0 Å². The maximum Gasteiger partial charge on any atom is 0.0431 e.